The highest BCUT2D eigenvalue weighted by Crippen LogP contribution is 2.18. The van der Waals surface area contributed by atoms with Crippen molar-refractivity contribution < 1.29 is 4.79 Å². The lowest BCUT2D eigenvalue weighted by atomic mass is 10.1. The average Bonchev–Trinajstić information content (AvgIpc) is 2.49. The normalized spacial score (nSPS) is 10.3. The number of rotatable bonds is 5. The van der Waals surface area contributed by atoms with E-state index < -0.39 is 0 Å². The van der Waals surface area contributed by atoms with E-state index in [1.165, 1.54) is 0 Å². The molecule has 0 radical (unpaired) electrons. The van der Waals surface area contributed by atoms with Gasteiger partial charge in [-0.3, -0.25) is 4.79 Å². The summed E-state index contributed by atoms with van der Waals surface area (Å²) >= 11 is 5.80. The lowest BCUT2D eigenvalue weighted by molar-refractivity contribution is 0.102. The molecule has 0 saturated carbocycles. The molecule has 104 valence electrons. The number of carbonyl (C=O) groups excluding carboxylic acids is 1. The van der Waals surface area contributed by atoms with Crippen LogP contribution in [-0.4, -0.2) is 5.91 Å². The third kappa shape index (κ3) is 3.61. The summed E-state index contributed by atoms with van der Waals surface area (Å²) in [7, 11) is 0. The van der Waals surface area contributed by atoms with Crippen molar-refractivity contribution >= 4 is 23.2 Å². The fourth-order valence-corrected chi connectivity index (χ4v) is 2.29. The molecule has 0 aliphatic heterocycles. The van der Waals surface area contributed by atoms with Gasteiger partial charge in [-0.25, -0.2) is 0 Å². The summed E-state index contributed by atoms with van der Waals surface area (Å²) in [4.78, 5) is 12.3. The van der Waals surface area contributed by atoms with Gasteiger partial charge >= 0.3 is 0 Å². The molecule has 0 aromatic heterocycles. The van der Waals surface area contributed by atoms with Gasteiger partial charge in [0.05, 0.1) is 0 Å². The number of hydrogen-bond donors (Lipinski definition) is 1. The molecule has 3 heteroatoms. The Hall–Kier alpha value is -1.80. The molecule has 1 N–H and O–H groups in total. The van der Waals surface area contributed by atoms with E-state index in [0.29, 0.717) is 11.4 Å². The molecule has 0 unspecified atom stereocenters. The van der Waals surface area contributed by atoms with Crippen molar-refractivity contribution in [2.45, 2.75) is 25.6 Å². The first-order valence-corrected chi connectivity index (χ1v) is 7.32. The number of carbonyl (C=O) groups is 1. The molecule has 2 aromatic carbocycles. The second-order valence-corrected chi connectivity index (χ2v) is 4.96. The Balaban J connectivity index is 2.19. The van der Waals surface area contributed by atoms with Crippen LogP contribution in [-0.2, 0) is 12.3 Å². The van der Waals surface area contributed by atoms with Crippen LogP contribution < -0.4 is 5.32 Å². The molecule has 0 bridgehead atoms. The van der Waals surface area contributed by atoms with E-state index in [1.807, 2.05) is 42.5 Å². The number of amides is 1. The molecule has 0 spiro atoms. The minimum Gasteiger partial charge on any atom is -0.322 e. The van der Waals surface area contributed by atoms with Gasteiger partial charge in [-0.2, -0.15) is 0 Å². The Kier molecular flexibility index (Phi) is 5.19. The summed E-state index contributed by atoms with van der Waals surface area (Å²) < 4.78 is 0. The van der Waals surface area contributed by atoms with Crippen LogP contribution in [0, 0.1) is 0 Å². The quantitative estimate of drug-likeness (QED) is 0.798. The molecule has 2 rings (SSSR count). The predicted molar refractivity (Wildman–Crippen MR) is 84.4 cm³/mol. The highest BCUT2D eigenvalue weighted by molar-refractivity contribution is 6.17. The van der Waals surface area contributed by atoms with E-state index in [9.17, 15) is 4.79 Å². The maximum Gasteiger partial charge on any atom is 0.255 e. The summed E-state index contributed by atoms with van der Waals surface area (Å²) in [6, 6.07) is 15.3. The highest BCUT2D eigenvalue weighted by Gasteiger charge is 2.09. The monoisotopic (exact) mass is 287 g/mol. The van der Waals surface area contributed by atoms with Gasteiger partial charge < -0.3 is 5.32 Å². The van der Waals surface area contributed by atoms with Gasteiger partial charge in [0.15, 0.2) is 0 Å². The third-order valence-corrected chi connectivity index (χ3v) is 3.44. The Labute approximate surface area is 124 Å². The SMILES string of the molecule is CCCc1ccccc1NC(=O)c1cccc(CCl)c1. The summed E-state index contributed by atoms with van der Waals surface area (Å²) in [5.74, 6) is 0.314. The van der Waals surface area contributed by atoms with Crippen molar-refractivity contribution in [3.8, 4) is 0 Å². The van der Waals surface area contributed by atoms with Gasteiger partial charge in [-0.1, -0.05) is 43.7 Å². The van der Waals surface area contributed by atoms with Crippen molar-refractivity contribution in [2.24, 2.45) is 0 Å². The van der Waals surface area contributed by atoms with Crippen LogP contribution >= 0.6 is 11.6 Å². The number of halogens is 1. The first-order chi connectivity index (χ1) is 9.74. The maximum absolute atomic E-state index is 12.3. The Morgan fingerprint density at radius 3 is 2.70 bits per heavy atom. The molecule has 2 aromatic rings. The van der Waals surface area contributed by atoms with Crippen molar-refractivity contribution in [1.29, 1.82) is 0 Å². The summed E-state index contributed by atoms with van der Waals surface area (Å²) in [5, 5.41) is 2.98. The van der Waals surface area contributed by atoms with Crippen LogP contribution in [0.3, 0.4) is 0 Å². The zero-order valence-electron chi connectivity index (χ0n) is 11.5. The second-order valence-electron chi connectivity index (χ2n) is 4.70. The van der Waals surface area contributed by atoms with Crippen molar-refractivity contribution in [1.82, 2.24) is 0 Å². The number of anilines is 1. The molecular formula is C17H18ClNO. The van der Waals surface area contributed by atoms with Gasteiger partial charge in [0.25, 0.3) is 5.91 Å². The summed E-state index contributed by atoms with van der Waals surface area (Å²) in [6.45, 7) is 2.13. The number of nitrogens with one attached hydrogen (secondary N) is 1. The topological polar surface area (TPSA) is 29.1 Å². The van der Waals surface area contributed by atoms with E-state index in [0.717, 1.165) is 29.7 Å². The molecule has 0 aliphatic rings. The molecule has 1 amide bonds. The number of aryl methyl sites for hydroxylation is 1. The fourth-order valence-electron chi connectivity index (χ4n) is 2.12. The fraction of sp³-hybridized carbons (Fsp3) is 0.235. The maximum atomic E-state index is 12.3. The standard InChI is InChI=1S/C17H18ClNO/c1-2-6-14-8-3-4-10-16(14)19-17(20)15-9-5-7-13(11-15)12-18/h3-5,7-11H,2,6,12H2,1H3,(H,19,20). The Morgan fingerprint density at radius 1 is 1.15 bits per heavy atom. The smallest absolute Gasteiger partial charge is 0.255 e. The van der Waals surface area contributed by atoms with E-state index in [4.69, 9.17) is 11.6 Å². The van der Waals surface area contributed by atoms with Crippen molar-refractivity contribution in [3.63, 3.8) is 0 Å². The minimum atomic E-state index is -0.0967. The Bertz CT molecular complexity index is 595. The minimum absolute atomic E-state index is 0.0967. The number of benzene rings is 2. The van der Waals surface area contributed by atoms with Crippen LogP contribution in [0.4, 0.5) is 5.69 Å². The molecule has 0 aliphatic carbocycles. The van der Waals surface area contributed by atoms with Crippen LogP contribution in [0.5, 0.6) is 0 Å². The van der Waals surface area contributed by atoms with Gasteiger partial charge in [-0.15, -0.1) is 11.6 Å². The number of hydrogen-bond acceptors (Lipinski definition) is 1. The van der Waals surface area contributed by atoms with E-state index in [1.54, 1.807) is 6.07 Å². The second kappa shape index (κ2) is 7.11. The van der Waals surface area contributed by atoms with Crippen LogP contribution in [0.1, 0.15) is 34.8 Å². The van der Waals surface area contributed by atoms with Gasteiger partial charge in [0, 0.05) is 17.1 Å². The number of alkyl halides is 1. The van der Waals surface area contributed by atoms with E-state index in [-0.39, 0.29) is 5.91 Å². The zero-order chi connectivity index (χ0) is 14.4. The third-order valence-electron chi connectivity index (χ3n) is 3.13. The largest absolute Gasteiger partial charge is 0.322 e. The summed E-state index contributed by atoms with van der Waals surface area (Å²) in [6.07, 6.45) is 2.01. The zero-order valence-corrected chi connectivity index (χ0v) is 12.3. The van der Waals surface area contributed by atoms with Gasteiger partial charge in [0.1, 0.15) is 0 Å². The molecule has 0 atom stereocenters. The van der Waals surface area contributed by atoms with Crippen LogP contribution in [0.25, 0.3) is 0 Å². The average molecular weight is 288 g/mol. The first kappa shape index (κ1) is 14.6. The Morgan fingerprint density at radius 2 is 1.95 bits per heavy atom. The first-order valence-electron chi connectivity index (χ1n) is 6.78. The van der Waals surface area contributed by atoms with Gasteiger partial charge in [0.2, 0.25) is 0 Å². The molecule has 0 heterocycles. The molecule has 2 nitrogen and oxygen atoms in total. The van der Waals surface area contributed by atoms with Crippen molar-refractivity contribution in [2.75, 3.05) is 5.32 Å². The van der Waals surface area contributed by atoms with Crippen molar-refractivity contribution in [3.05, 3.63) is 65.2 Å². The van der Waals surface area contributed by atoms with Gasteiger partial charge in [-0.05, 0) is 35.7 Å². The molecule has 0 saturated heterocycles. The van der Waals surface area contributed by atoms with Crippen LogP contribution in [0.2, 0.25) is 0 Å². The lowest BCUT2D eigenvalue weighted by Crippen LogP contribution is -2.13. The summed E-state index contributed by atoms with van der Waals surface area (Å²) in [5.41, 5.74) is 3.63. The lowest BCUT2D eigenvalue weighted by Gasteiger charge is -2.10. The molecule has 20 heavy (non-hydrogen) atoms. The van der Waals surface area contributed by atoms with E-state index >= 15 is 0 Å². The highest BCUT2D eigenvalue weighted by atomic mass is 35.5. The predicted octanol–water partition coefficient (Wildman–Crippen LogP) is 4.63. The van der Waals surface area contributed by atoms with E-state index in [2.05, 4.69) is 12.2 Å². The number of para-hydroxylation sites is 1. The molecular weight excluding hydrogens is 270 g/mol. The molecule has 0 fully saturated rings. The van der Waals surface area contributed by atoms with Crippen LogP contribution in [0.15, 0.2) is 48.5 Å².